The lowest BCUT2D eigenvalue weighted by Crippen LogP contribution is -2.20. The summed E-state index contributed by atoms with van der Waals surface area (Å²) >= 11 is 3.47. The Labute approximate surface area is 263 Å². The molecule has 0 atom stereocenters. The average Bonchev–Trinajstić information content (AvgIpc) is 3.49. The second-order valence-electron chi connectivity index (χ2n) is 9.67. The molecule has 0 fully saturated rings. The largest absolute Gasteiger partial charge is 0.496 e. The molecule has 0 aliphatic carbocycles. The van der Waals surface area contributed by atoms with Gasteiger partial charge in [-0.05, 0) is 88.2 Å². The highest BCUT2D eigenvalue weighted by Gasteiger charge is 2.18. The fraction of sp³-hybridized carbons (Fsp3) is 0.0909. The summed E-state index contributed by atoms with van der Waals surface area (Å²) in [6.45, 7) is -0.330. The Kier molecular flexibility index (Phi) is 8.30. The fourth-order valence-corrected chi connectivity index (χ4v) is 5.23. The number of anilines is 1. The molecule has 6 aromatic rings. The molecule has 0 saturated carbocycles. The molecule has 0 aliphatic heterocycles. The number of furan rings is 1. The van der Waals surface area contributed by atoms with Crippen LogP contribution in [0.3, 0.4) is 0 Å². The van der Waals surface area contributed by atoms with Crippen LogP contribution < -0.4 is 25.1 Å². The number of fused-ring (bicyclic) bond motifs is 2. The molecular formula is C33H24BrFN4O6. The molecule has 0 spiro atoms. The van der Waals surface area contributed by atoms with E-state index < -0.39 is 17.3 Å². The van der Waals surface area contributed by atoms with Crippen molar-refractivity contribution in [3.63, 3.8) is 0 Å². The molecule has 0 unspecified atom stereocenters. The van der Waals surface area contributed by atoms with Gasteiger partial charge in [-0.2, -0.15) is 9.78 Å². The van der Waals surface area contributed by atoms with Crippen LogP contribution in [0.4, 0.5) is 10.1 Å². The van der Waals surface area contributed by atoms with Crippen LogP contribution in [0.25, 0.3) is 33.5 Å². The molecular weight excluding hydrogens is 647 g/mol. The Hall–Kier alpha value is -5.49. The number of methoxy groups -OCH3 is 2. The van der Waals surface area contributed by atoms with Crippen molar-refractivity contribution in [1.82, 2.24) is 9.66 Å². The van der Waals surface area contributed by atoms with Crippen LogP contribution in [0.5, 0.6) is 17.2 Å². The van der Waals surface area contributed by atoms with E-state index in [9.17, 15) is 14.0 Å². The Morgan fingerprint density at radius 3 is 2.56 bits per heavy atom. The van der Waals surface area contributed by atoms with Crippen LogP contribution in [0.2, 0.25) is 0 Å². The van der Waals surface area contributed by atoms with Gasteiger partial charge in [-0.15, -0.1) is 0 Å². The van der Waals surface area contributed by atoms with Gasteiger partial charge in [-0.1, -0.05) is 18.2 Å². The zero-order valence-corrected chi connectivity index (χ0v) is 25.5. The van der Waals surface area contributed by atoms with Crippen LogP contribution in [-0.2, 0) is 4.79 Å². The van der Waals surface area contributed by atoms with Crippen molar-refractivity contribution in [2.45, 2.75) is 0 Å². The lowest BCUT2D eigenvalue weighted by Gasteiger charge is -2.13. The van der Waals surface area contributed by atoms with Gasteiger partial charge < -0.3 is 23.9 Å². The van der Waals surface area contributed by atoms with Crippen molar-refractivity contribution in [3.8, 4) is 28.8 Å². The molecule has 12 heteroatoms. The maximum absolute atomic E-state index is 13.7. The molecule has 0 bridgehead atoms. The molecule has 1 N–H and O–H groups in total. The Morgan fingerprint density at radius 1 is 1.00 bits per heavy atom. The van der Waals surface area contributed by atoms with E-state index in [0.717, 1.165) is 5.39 Å². The van der Waals surface area contributed by atoms with Gasteiger partial charge >= 0.3 is 0 Å². The third-order valence-electron chi connectivity index (χ3n) is 6.77. The summed E-state index contributed by atoms with van der Waals surface area (Å²) in [6.07, 6.45) is 1.48. The van der Waals surface area contributed by atoms with Crippen molar-refractivity contribution in [2.75, 3.05) is 26.1 Å². The minimum Gasteiger partial charge on any atom is -0.496 e. The smallest absolute Gasteiger partial charge is 0.282 e. The number of carbonyl (C=O) groups excluding carboxylic acids is 1. The minimum absolute atomic E-state index is 0.200. The van der Waals surface area contributed by atoms with E-state index in [1.165, 1.54) is 42.3 Å². The molecule has 1 amide bonds. The van der Waals surface area contributed by atoms with Gasteiger partial charge in [0.25, 0.3) is 11.5 Å². The summed E-state index contributed by atoms with van der Waals surface area (Å²) in [7, 11) is 3.03. The summed E-state index contributed by atoms with van der Waals surface area (Å²) in [5.41, 5.74) is 1.65. The van der Waals surface area contributed by atoms with Gasteiger partial charge in [-0.3, -0.25) is 9.59 Å². The number of hydrogen-bond donors (Lipinski definition) is 1. The Bertz CT molecular complexity index is 2140. The lowest BCUT2D eigenvalue weighted by molar-refractivity contribution is -0.118. The summed E-state index contributed by atoms with van der Waals surface area (Å²) in [6, 6.07) is 22.9. The van der Waals surface area contributed by atoms with E-state index in [2.05, 4.69) is 26.3 Å². The first kappa shape index (κ1) is 29.6. The second-order valence-corrected chi connectivity index (χ2v) is 10.5. The van der Waals surface area contributed by atoms with E-state index in [-0.39, 0.29) is 18.2 Å². The summed E-state index contributed by atoms with van der Waals surface area (Å²) in [5, 5.41) is 8.25. The van der Waals surface area contributed by atoms with E-state index in [4.69, 9.17) is 23.6 Å². The zero-order valence-electron chi connectivity index (χ0n) is 23.9. The molecule has 45 heavy (non-hydrogen) atoms. The fourth-order valence-electron chi connectivity index (χ4n) is 4.66. The number of para-hydroxylation sites is 1. The third-order valence-corrected chi connectivity index (χ3v) is 7.35. The molecule has 2 heterocycles. The van der Waals surface area contributed by atoms with E-state index >= 15 is 0 Å². The first-order chi connectivity index (χ1) is 21.8. The number of carbonyl (C=O) groups is 1. The predicted octanol–water partition coefficient (Wildman–Crippen LogP) is 6.63. The SMILES string of the molecule is COc1cc(C=Nn2c(-c3cc4c(OC)cccc4o3)nc3ccccc3c2=O)cc(Br)c1OCC(=O)Nc1ccc(F)cc1. The topological polar surface area (TPSA) is 117 Å². The quantitative estimate of drug-likeness (QED) is 0.172. The van der Waals surface area contributed by atoms with Gasteiger partial charge in [0.1, 0.15) is 17.1 Å². The van der Waals surface area contributed by atoms with Gasteiger partial charge in [-0.25, -0.2) is 9.37 Å². The number of nitrogens with zero attached hydrogens (tertiary/aromatic N) is 3. The summed E-state index contributed by atoms with van der Waals surface area (Å²) in [5.74, 6) is 0.893. The average molecular weight is 671 g/mol. The predicted molar refractivity (Wildman–Crippen MR) is 172 cm³/mol. The van der Waals surface area contributed by atoms with Gasteiger partial charge in [0, 0.05) is 5.69 Å². The molecule has 6 rings (SSSR count). The first-order valence-corrected chi connectivity index (χ1v) is 14.3. The number of ether oxygens (including phenoxy) is 3. The standard InChI is InChI=1S/C33H24BrFN4O6/c1-42-26-8-5-9-27-23(26)16-29(45-27)32-38-25-7-4-3-6-22(25)33(41)39(32)36-17-19-14-24(34)31(28(15-19)43-2)44-18-30(40)37-21-12-10-20(35)11-13-21/h3-17H,18H2,1-2H3,(H,37,40). The van der Waals surface area contributed by atoms with Gasteiger partial charge in [0.2, 0.25) is 5.82 Å². The first-order valence-electron chi connectivity index (χ1n) is 13.5. The molecule has 0 aliphatic rings. The normalized spacial score (nSPS) is 11.3. The monoisotopic (exact) mass is 670 g/mol. The van der Waals surface area contributed by atoms with Gasteiger partial charge in [0.05, 0.1) is 41.2 Å². The maximum Gasteiger partial charge on any atom is 0.282 e. The second kappa shape index (κ2) is 12.6. The van der Waals surface area contributed by atoms with Crippen molar-refractivity contribution in [1.29, 1.82) is 0 Å². The third kappa shape index (κ3) is 6.13. The zero-order chi connectivity index (χ0) is 31.5. The summed E-state index contributed by atoms with van der Waals surface area (Å²) in [4.78, 5) is 30.8. The van der Waals surface area contributed by atoms with Crippen molar-refractivity contribution >= 4 is 55.6 Å². The van der Waals surface area contributed by atoms with Crippen LogP contribution in [0.15, 0.2) is 104 Å². The highest BCUT2D eigenvalue weighted by molar-refractivity contribution is 9.10. The van der Waals surface area contributed by atoms with Crippen LogP contribution in [0.1, 0.15) is 5.56 Å². The van der Waals surface area contributed by atoms with Crippen LogP contribution in [-0.4, -0.2) is 42.6 Å². The number of rotatable bonds is 9. The Balaban J connectivity index is 1.32. The van der Waals surface area contributed by atoms with Crippen LogP contribution >= 0.6 is 15.9 Å². The van der Waals surface area contributed by atoms with E-state index in [1.54, 1.807) is 55.6 Å². The number of aromatic nitrogens is 2. The minimum atomic E-state index is -0.444. The van der Waals surface area contributed by atoms with Crippen molar-refractivity contribution in [2.24, 2.45) is 5.10 Å². The lowest BCUT2D eigenvalue weighted by atomic mass is 10.2. The summed E-state index contributed by atoms with van der Waals surface area (Å²) < 4.78 is 37.6. The number of nitrogens with one attached hydrogen (secondary N) is 1. The van der Waals surface area contributed by atoms with Crippen molar-refractivity contribution in [3.05, 3.63) is 111 Å². The molecule has 10 nitrogen and oxygen atoms in total. The molecule has 0 saturated heterocycles. The van der Waals surface area contributed by atoms with E-state index in [0.29, 0.717) is 49.5 Å². The number of amides is 1. The maximum atomic E-state index is 13.7. The number of halogens is 2. The van der Waals surface area contributed by atoms with Crippen LogP contribution in [0, 0.1) is 5.82 Å². The molecule has 226 valence electrons. The highest BCUT2D eigenvalue weighted by Crippen LogP contribution is 2.37. The van der Waals surface area contributed by atoms with Crippen molar-refractivity contribution < 1.29 is 27.8 Å². The Morgan fingerprint density at radius 2 is 1.78 bits per heavy atom. The van der Waals surface area contributed by atoms with Gasteiger partial charge in [0.15, 0.2) is 23.9 Å². The molecule has 0 radical (unpaired) electrons. The number of benzene rings is 4. The molecule has 4 aromatic carbocycles. The highest BCUT2D eigenvalue weighted by atomic mass is 79.9. The van der Waals surface area contributed by atoms with E-state index in [1.807, 2.05) is 12.1 Å². The number of hydrogen-bond acceptors (Lipinski definition) is 8. The molecule has 2 aromatic heterocycles.